The Morgan fingerprint density at radius 2 is 1.96 bits per heavy atom. The summed E-state index contributed by atoms with van der Waals surface area (Å²) in [5.41, 5.74) is 1.12. The van der Waals surface area contributed by atoms with Gasteiger partial charge < -0.3 is 25.4 Å². The maximum atomic E-state index is 12.8. The van der Waals surface area contributed by atoms with Gasteiger partial charge in [-0.25, -0.2) is 4.79 Å². The summed E-state index contributed by atoms with van der Waals surface area (Å²) in [6.07, 6.45) is -0.234. The molecule has 0 spiro atoms. The van der Waals surface area contributed by atoms with Crippen LogP contribution in [0.4, 0.5) is 10.5 Å². The van der Waals surface area contributed by atoms with Gasteiger partial charge in [-0.1, -0.05) is 0 Å². The van der Waals surface area contributed by atoms with E-state index in [2.05, 4.69) is 10.6 Å². The lowest BCUT2D eigenvalue weighted by Gasteiger charge is -2.34. The summed E-state index contributed by atoms with van der Waals surface area (Å²) >= 11 is 0. The fourth-order valence-corrected chi connectivity index (χ4v) is 2.97. The zero-order valence-corrected chi connectivity index (χ0v) is 16.5. The lowest BCUT2D eigenvalue weighted by atomic mass is 10.1. The summed E-state index contributed by atoms with van der Waals surface area (Å²) in [6.45, 7) is 5.39. The van der Waals surface area contributed by atoms with Gasteiger partial charge >= 0.3 is 12.0 Å². The van der Waals surface area contributed by atoms with E-state index < -0.39 is 5.97 Å². The Bertz CT molecular complexity index is 692. The zero-order valence-electron chi connectivity index (χ0n) is 16.5. The molecule has 0 bridgehead atoms. The molecule has 28 heavy (non-hydrogen) atoms. The second-order valence-corrected chi connectivity index (χ2v) is 7.16. The fourth-order valence-electron chi connectivity index (χ4n) is 2.97. The molecule has 1 aromatic carbocycles. The van der Waals surface area contributed by atoms with Crippen molar-refractivity contribution in [1.82, 2.24) is 15.1 Å². The van der Waals surface area contributed by atoms with E-state index in [0.29, 0.717) is 37.5 Å². The zero-order chi connectivity index (χ0) is 20.7. The first-order valence-electron chi connectivity index (χ1n) is 9.23. The molecule has 3 N–H and O–H groups in total. The number of benzene rings is 1. The minimum absolute atomic E-state index is 0.0321. The van der Waals surface area contributed by atoms with Crippen LogP contribution in [0, 0.1) is 0 Å². The van der Waals surface area contributed by atoms with Gasteiger partial charge in [0.15, 0.2) is 0 Å². The molecule has 1 aromatic rings. The summed E-state index contributed by atoms with van der Waals surface area (Å²) in [6, 6.07) is 6.46. The van der Waals surface area contributed by atoms with E-state index >= 15 is 0 Å². The van der Waals surface area contributed by atoms with E-state index in [4.69, 9.17) is 9.84 Å². The second-order valence-electron chi connectivity index (χ2n) is 7.16. The number of aliphatic carboxylic acids is 1. The number of nitrogens with one attached hydrogen (secondary N) is 2. The van der Waals surface area contributed by atoms with Crippen LogP contribution in [0.3, 0.4) is 0 Å². The van der Waals surface area contributed by atoms with Crippen LogP contribution in [-0.4, -0.2) is 84.8 Å². The van der Waals surface area contributed by atoms with E-state index in [0.717, 1.165) is 0 Å². The average molecular weight is 392 g/mol. The molecule has 3 amide bonds. The number of carboxylic acid groups (broad SMARTS) is 1. The van der Waals surface area contributed by atoms with Crippen molar-refractivity contribution < 1.29 is 24.2 Å². The van der Waals surface area contributed by atoms with Crippen molar-refractivity contribution in [3.8, 4) is 0 Å². The molecule has 0 saturated carbocycles. The van der Waals surface area contributed by atoms with Crippen molar-refractivity contribution in [3.63, 3.8) is 0 Å². The smallest absolute Gasteiger partial charge is 0.319 e. The predicted molar refractivity (Wildman–Crippen MR) is 105 cm³/mol. The second kappa shape index (κ2) is 10.0. The number of morpholine rings is 1. The summed E-state index contributed by atoms with van der Waals surface area (Å²) < 4.78 is 5.66. The van der Waals surface area contributed by atoms with Crippen molar-refractivity contribution in [2.24, 2.45) is 0 Å². The lowest BCUT2D eigenvalue weighted by Crippen LogP contribution is -2.49. The Kier molecular flexibility index (Phi) is 7.77. The third kappa shape index (κ3) is 6.82. The summed E-state index contributed by atoms with van der Waals surface area (Å²) in [4.78, 5) is 38.6. The van der Waals surface area contributed by atoms with Crippen molar-refractivity contribution in [3.05, 3.63) is 29.8 Å². The number of amides is 3. The molecule has 9 heteroatoms. The van der Waals surface area contributed by atoms with Gasteiger partial charge in [0.1, 0.15) is 0 Å². The standard InChI is InChI=1S/C19H28N4O5/c1-13(2)20-19(27)21-15-6-4-14(5-7-15)18(26)23-8-9-28-16(11-23)10-22(3)12-17(24)25/h4-7,13,16H,8-12H2,1-3H3,(H,24,25)(H2,20,21,27). The molecule has 0 radical (unpaired) electrons. The molecule has 1 unspecified atom stereocenters. The highest BCUT2D eigenvalue weighted by molar-refractivity contribution is 5.95. The van der Waals surface area contributed by atoms with E-state index in [1.54, 1.807) is 41.1 Å². The van der Waals surface area contributed by atoms with Crippen molar-refractivity contribution in [2.75, 3.05) is 45.2 Å². The summed E-state index contributed by atoms with van der Waals surface area (Å²) in [5, 5.41) is 14.3. The molecule has 1 heterocycles. The Morgan fingerprint density at radius 1 is 1.29 bits per heavy atom. The van der Waals surface area contributed by atoms with E-state index in [1.165, 1.54) is 0 Å². The van der Waals surface area contributed by atoms with Gasteiger partial charge in [-0.2, -0.15) is 0 Å². The van der Waals surface area contributed by atoms with Crippen molar-refractivity contribution in [1.29, 1.82) is 0 Å². The number of carbonyl (C=O) groups is 3. The van der Waals surface area contributed by atoms with Crippen molar-refractivity contribution in [2.45, 2.75) is 26.0 Å². The highest BCUT2D eigenvalue weighted by Crippen LogP contribution is 2.14. The third-order valence-electron chi connectivity index (χ3n) is 4.16. The third-order valence-corrected chi connectivity index (χ3v) is 4.16. The van der Waals surface area contributed by atoms with E-state index in [1.807, 2.05) is 13.8 Å². The largest absolute Gasteiger partial charge is 0.480 e. The summed E-state index contributed by atoms with van der Waals surface area (Å²) in [7, 11) is 1.71. The number of anilines is 1. The molecular formula is C19H28N4O5. The number of urea groups is 1. The van der Waals surface area contributed by atoms with Crippen LogP contribution in [0.5, 0.6) is 0 Å². The minimum atomic E-state index is -0.901. The van der Waals surface area contributed by atoms with Gasteiger partial charge in [0.25, 0.3) is 5.91 Å². The number of likely N-dealkylation sites (N-methyl/N-ethyl adjacent to an activating group) is 1. The SMILES string of the molecule is CC(C)NC(=O)Nc1ccc(C(=O)N2CCOC(CN(C)CC(=O)O)C2)cc1. The molecule has 1 aliphatic heterocycles. The highest BCUT2D eigenvalue weighted by atomic mass is 16.5. The van der Waals surface area contributed by atoms with Crippen LogP contribution in [0.1, 0.15) is 24.2 Å². The maximum Gasteiger partial charge on any atom is 0.319 e. The Labute approximate surface area is 164 Å². The van der Waals surface area contributed by atoms with Crippen molar-refractivity contribution >= 4 is 23.6 Å². The first-order valence-corrected chi connectivity index (χ1v) is 9.23. The number of hydrogen-bond donors (Lipinski definition) is 3. The molecule has 1 aliphatic rings. The van der Waals surface area contributed by atoms with Gasteiger partial charge in [-0.05, 0) is 45.2 Å². The molecule has 154 valence electrons. The van der Waals surface area contributed by atoms with Gasteiger partial charge in [0, 0.05) is 36.9 Å². The average Bonchev–Trinajstić information content (AvgIpc) is 2.60. The highest BCUT2D eigenvalue weighted by Gasteiger charge is 2.26. The Hall–Kier alpha value is -2.65. The number of nitrogens with zero attached hydrogens (tertiary/aromatic N) is 2. The molecule has 2 rings (SSSR count). The number of rotatable bonds is 7. The molecule has 1 atom stereocenters. The molecular weight excluding hydrogens is 364 g/mol. The summed E-state index contributed by atoms with van der Waals surface area (Å²) in [5.74, 6) is -1.02. The lowest BCUT2D eigenvalue weighted by molar-refractivity contribution is -0.138. The molecule has 9 nitrogen and oxygen atoms in total. The number of ether oxygens (including phenoxy) is 1. The quantitative estimate of drug-likeness (QED) is 0.640. The van der Waals surface area contributed by atoms with Gasteiger partial charge in [-0.3, -0.25) is 14.5 Å². The van der Waals surface area contributed by atoms with Crippen LogP contribution in [0.15, 0.2) is 24.3 Å². The normalized spacial score (nSPS) is 16.9. The first kappa shape index (κ1) is 21.6. The molecule has 0 aromatic heterocycles. The molecule has 0 aliphatic carbocycles. The van der Waals surface area contributed by atoms with Crippen LogP contribution in [0.2, 0.25) is 0 Å². The number of hydrogen-bond acceptors (Lipinski definition) is 5. The van der Waals surface area contributed by atoms with Gasteiger partial charge in [0.05, 0.1) is 19.3 Å². The van der Waals surface area contributed by atoms with Crippen LogP contribution in [0.25, 0.3) is 0 Å². The van der Waals surface area contributed by atoms with E-state index in [-0.39, 0.29) is 30.6 Å². The molecule has 1 fully saturated rings. The van der Waals surface area contributed by atoms with E-state index in [9.17, 15) is 14.4 Å². The maximum absolute atomic E-state index is 12.8. The monoisotopic (exact) mass is 392 g/mol. The number of carboxylic acids is 1. The fraction of sp³-hybridized carbons (Fsp3) is 0.526. The number of carbonyl (C=O) groups excluding carboxylic acids is 2. The van der Waals surface area contributed by atoms with Crippen LogP contribution < -0.4 is 10.6 Å². The van der Waals surface area contributed by atoms with Crippen LogP contribution in [-0.2, 0) is 9.53 Å². The predicted octanol–water partition coefficient (Wildman–Crippen LogP) is 1.07. The first-order chi connectivity index (χ1) is 13.2. The van der Waals surface area contributed by atoms with Crippen LogP contribution >= 0.6 is 0 Å². The van der Waals surface area contributed by atoms with Gasteiger partial charge in [0.2, 0.25) is 0 Å². The topological polar surface area (TPSA) is 111 Å². The Balaban J connectivity index is 1.91. The molecule has 1 saturated heterocycles. The van der Waals surface area contributed by atoms with Gasteiger partial charge in [-0.15, -0.1) is 0 Å². The Morgan fingerprint density at radius 3 is 2.57 bits per heavy atom. The minimum Gasteiger partial charge on any atom is -0.480 e.